The van der Waals surface area contributed by atoms with E-state index in [1.807, 2.05) is 0 Å². The molecule has 0 amide bonds. The predicted molar refractivity (Wildman–Crippen MR) is 43.4 cm³/mol. The molecule has 1 rings (SSSR count). The number of aromatic nitrogens is 1. The lowest BCUT2D eigenvalue weighted by Crippen LogP contribution is -2.34. The van der Waals surface area contributed by atoms with Gasteiger partial charge in [0.05, 0.1) is 7.05 Å². The molecule has 1 heterocycles. The maximum Gasteiger partial charge on any atom is 0.323 e. The van der Waals surface area contributed by atoms with Crippen molar-refractivity contribution >= 4 is 11.9 Å². The number of pyridine rings is 1. The molecule has 0 bridgehead atoms. The topological polar surface area (TPSA) is 36.1 Å². The zero-order valence-electron chi connectivity index (χ0n) is 6.71. The highest BCUT2D eigenvalue weighted by atomic mass is 19.1. The Hall–Kier alpha value is -1.58. The fraction of sp³-hybridized carbons (Fsp3) is 0.125. The second-order valence-corrected chi connectivity index (χ2v) is 2.22. The van der Waals surface area contributed by atoms with Crippen LogP contribution in [0.2, 0.25) is 0 Å². The van der Waals surface area contributed by atoms with Crippen molar-refractivity contribution in [3.8, 4) is 0 Å². The minimum Gasteiger partial charge on any atom is -0.350 e. The van der Waals surface area contributed by atoms with Gasteiger partial charge in [0, 0.05) is 6.07 Å². The van der Waals surface area contributed by atoms with Crippen LogP contribution >= 0.6 is 0 Å². The molecular weight excluding hydrogens is 159 g/mol. The molecule has 0 unspecified atom stereocenters. The number of hydrogen-bond acceptors (Lipinski definition) is 2. The van der Waals surface area contributed by atoms with Gasteiger partial charge in [-0.1, -0.05) is 17.4 Å². The monoisotopic (exact) mass is 169 g/mol. The molecule has 1 aromatic rings. The Bertz CT molecular complexity index is 312. The number of anilines is 1. The van der Waals surface area contributed by atoms with Crippen LogP contribution in [0.25, 0.3) is 6.08 Å². The van der Waals surface area contributed by atoms with Crippen molar-refractivity contribution in [2.24, 2.45) is 0 Å². The average molecular weight is 169 g/mol. The third kappa shape index (κ3) is 1.23. The van der Waals surface area contributed by atoms with Crippen LogP contribution in [-0.2, 0) is 0 Å². The lowest BCUT2D eigenvalue weighted by Gasteiger charge is -2.01. The van der Waals surface area contributed by atoms with Gasteiger partial charge in [0.2, 0.25) is 0 Å². The maximum atomic E-state index is 13.0. The summed E-state index contributed by atoms with van der Waals surface area (Å²) >= 11 is 0. The van der Waals surface area contributed by atoms with Crippen molar-refractivity contribution in [2.75, 3.05) is 12.4 Å². The summed E-state index contributed by atoms with van der Waals surface area (Å²) in [4.78, 5) is 0. The molecular formula is C8H10FN2O+. The second-order valence-electron chi connectivity index (χ2n) is 2.22. The molecule has 0 saturated carbocycles. The van der Waals surface area contributed by atoms with Crippen LogP contribution in [0, 0.1) is 5.82 Å². The molecule has 0 aromatic carbocycles. The van der Waals surface area contributed by atoms with Crippen LogP contribution in [-0.4, -0.2) is 12.3 Å². The van der Waals surface area contributed by atoms with Crippen LogP contribution in [0.3, 0.4) is 0 Å². The smallest absolute Gasteiger partial charge is 0.323 e. The molecule has 0 aliphatic heterocycles. The van der Waals surface area contributed by atoms with Gasteiger partial charge in [-0.15, -0.1) is 0 Å². The van der Waals surface area contributed by atoms with E-state index in [4.69, 9.17) is 0 Å². The Labute approximate surface area is 69.7 Å². The summed E-state index contributed by atoms with van der Waals surface area (Å²) in [6.45, 7) is 3.44. The summed E-state index contributed by atoms with van der Waals surface area (Å²) in [5.74, 6) is -0.135. The summed E-state index contributed by atoms with van der Waals surface area (Å²) in [5, 5.41) is 11.8. The SMILES string of the molecule is C=Cc1c(F)cc[n+](O)c1NC. The quantitative estimate of drug-likeness (QED) is 0.512. The van der Waals surface area contributed by atoms with Gasteiger partial charge in [-0.05, 0) is 0 Å². The van der Waals surface area contributed by atoms with Crippen molar-refractivity contribution in [2.45, 2.75) is 0 Å². The largest absolute Gasteiger partial charge is 0.350 e. The van der Waals surface area contributed by atoms with Gasteiger partial charge in [0.1, 0.15) is 17.6 Å². The van der Waals surface area contributed by atoms with Crippen molar-refractivity contribution in [3.05, 3.63) is 30.2 Å². The fourth-order valence-electron chi connectivity index (χ4n) is 0.980. The number of nitrogens with one attached hydrogen (secondary N) is 1. The zero-order valence-corrected chi connectivity index (χ0v) is 6.71. The molecule has 64 valence electrons. The Morgan fingerprint density at radius 2 is 2.42 bits per heavy atom. The molecule has 0 aliphatic carbocycles. The first-order valence-electron chi connectivity index (χ1n) is 3.44. The van der Waals surface area contributed by atoms with Gasteiger partial charge >= 0.3 is 5.82 Å². The highest BCUT2D eigenvalue weighted by Gasteiger charge is 2.14. The van der Waals surface area contributed by atoms with E-state index >= 15 is 0 Å². The fourth-order valence-corrected chi connectivity index (χ4v) is 0.980. The van der Waals surface area contributed by atoms with E-state index in [1.54, 1.807) is 7.05 Å². The van der Waals surface area contributed by atoms with Gasteiger partial charge in [-0.2, -0.15) is 0 Å². The van der Waals surface area contributed by atoms with Crippen LogP contribution in [0.15, 0.2) is 18.8 Å². The summed E-state index contributed by atoms with van der Waals surface area (Å²) in [7, 11) is 1.59. The molecule has 1 aromatic heterocycles. The lowest BCUT2D eigenvalue weighted by atomic mass is 10.2. The van der Waals surface area contributed by atoms with Crippen molar-refractivity contribution in [1.82, 2.24) is 0 Å². The number of hydrogen-bond donors (Lipinski definition) is 2. The minimum atomic E-state index is -0.417. The third-order valence-corrected chi connectivity index (χ3v) is 1.54. The van der Waals surface area contributed by atoms with Crippen molar-refractivity contribution < 1.29 is 14.3 Å². The molecule has 0 spiro atoms. The standard InChI is InChI=1S/C8H9FN2O/c1-3-6-7(9)4-5-11(12)8(6)10-2/h3-5,12H,1H2,2H3/p+1. The van der Waals surface area contributed by atoms with Crippen LogP contribution in [0.4, 0.5) is 10.2 Å². The Balaban J connectivity index is 3.38. The molecule has 2 N–H and O–H groups in total. The summed E-state index contributed by atoms with van der Waals surface area (Å²) in [6, 6.07) is 1.16. The van der Waals surface area contributed by atoms with Gasteiger partial charge in [0.25, 0.3) is 0 Å². The van der Waals surface area contributed by atoms with Crippen LogP contribution < -0.4 is 10.0 Å². The first-order valence-corrected chi connectivity index (χ1v) is 3.44. The molecule has 0 aliphatic rings. The van der Waals surface area contributed by atoms with Gasteiger partial charge in [0.15, 0.2) is 0 Å². The van der Waals surface area contributed by atoms with Gasteiger partial charge in [-0.25, -0.2) is 4.39 Å². The van der Waals surface area contributed by atoms with E-state index in [2.05, 4.69) is 11.9 Å². The molecule has 4 heteroatoms. The molecule has 0 atom stereocenters. The Morgan fingerprint density at radius 3 is 2.83 bits per heavy atom. The Morgan fingerprint density at radius 1 is 1.75 bits per heavy atom. The average Bonchev–Trinajstić information content (AvgIpc) is 2.08. The van der Waals surface area contributed by atoms with E-state index in [9.17, 15) is 9.60 Å². The van der Waals surface area contributed by atoms with Crippen molar-refractivity contribution in [1.29, 1.82) is 0 Å². The van der Waals surface area contributed by atoms with Gasteiger partial charge in [-0.3, -0.25) is 5.32 Å². The van der Waals surface area contributed by atoms with E-state index in [1.165, 1.54) is 12.3 Å². The summed E-state index contributed by atoms with van der Waals surface area (Å²) < 4.78 is 13.8. The molecule has 3 nitrogen and oxygen atoms in total. The van der Waals surface area contributed by atoms with Crippen LogP contribution in [0.5, 0.6) is 0 Å². The number of rotatable bonds is 2. The molecule has 0 fully saturated rings. The first-order chi connectivity index (χ1) is 5.70. The second kappa shape index (κ2) is 3.21. The normalized spacial score (nSPS) is 9.50. The summed E-state index contributed by atoms with van der Waals surface area (Å²) in [6.07, 6.45) is 2.56. The molecule has 0 radical (unpaired) electrons. The number of nitrogens with zero attached hydrogens (tertiary/aromatic N) is 1. The molecule has 12 heavy (non-hydrogen) atoms. The molecule has 0 saturated heterocycles. The predicted octanol–water partition coefficient (Wildman–Crippen LogP) is 1.04. The number of halogens is 1. The Kier molecular flexibility index (Phi) is 2.28. The van der Waals surface area contributed by atoms with Crippen LogP contribution in [0.1, 0.15) is 5.56 Å². The lowest BCUT2D eigenvalue weighted by molar-refractivity contribution is -0.893. The highest BCUT2D eigenvalue weighted by Crippen LogP contribution is 2.14. The van der Waals surface area contributed by atoms with E-state index in [-0.39, 0.29) is 11.4 Å². The van der Waals surface area contributed by atoms with E-state index < -0.39 is 5.82 Å². The third-order valence-electron chi connectivity index (χ3n) is 1.54. The maximum absolute atomic E-state index is 13.0. The first kappa shape index (κ1) is 8.52. The van der Waals surface area contributed by atoms with Crippen molar-refractivity contribution in [3.63, 3.8) is 0 Å². The van der Waals surface area contributed by atoms with E-state index in [0.717, 1.165) is 10.8 Å². The van der Waals surface area contributed by atoms with E-state index in [0.29, 0.717) is 0 Å². The highest BCUT2D eigenvalue weighted by molar-refractivity contribution is 5.59. The summed E-state index contributed by atoms with van der Waals surface area (Å²) in [5.41, 5.74) is 0.252. The van der Waals surface area contributed by atoms with Gasteiger partial charge < -0.3 is 5.21 Å². The minimum absolute atomic E-state index is 0.252. The zero-order chi connectivity index (χ0) is 9.14.